The molecule has 11 heteroatoms. The molecule has 4 saturated carbocycles. The summed E-state index contributed by atoms with van der Waals surface area (Å²) in [4.78, 5) is 27.3. The number of sulfonamides is 1. The largest absolute Gasteiger partial charge is 0.480 e. The molecule has 10 nitrogen and oxygen atoms in total. The lowest BCUT2D eigenvalue weighted by atomic mass is 9.43. The number of nitrogens with one attached hydrogen (secondary N) is 2. The van der Waals surface area contributed by atoms with E-state index >= 15 is 0 Å². The number of carbonyl (C=O) groups is 2. The number of anilines is 1. The summed E-state index contributed by atoms with van der Waals surface area (Å²) in [5.41, 5.74) is 1.23. The molecule has 0 aromatic heterocycles. The van der Waals surface area contributed by atoms with Crippen LogP contribution in [0.15, 0.2) is 41.3 Å². The highest BCUT2D eigenvalue weighted by Crippen LogP contribution is 2.68. The second-order valence-corrected chi connectivity index (χ2v) is 19.6. The van der Waals surface area contributed by atoms with Crippen LogP contribution >= 0.6 is 0 Å². The van der Waals surface area contributed by atoms with Gasteiger partial charge in [0, 0.05) is 43.5 Å². The van der Waals surface area contributed by atoms with Crippen LogP contribution in [0.3, 0.4) is 0 Å². The molecule has 0 aliphatic heterocycles. The van der Waals surface area contributed by atoms with E-state index in [1.54, 1.807) is 18.2 Å². The van der Waals surface area contributed by atoms with E-state index in [0.717, 1.165) is 62.4 Å². The van der Waals surface area contributed by atoms with Gasteiger partial charge < -0.3 is 25.5 Å². The van der Waals surface area contributed by atoms with Crippen LogP contribution < -0.4 is 14.9 Å². The molecule has 0 spiro atoms. The molecule has 6 rings (SSSR count). The molecule has 2 aromatic rings. The zero-order chi connectivity index (χ0) is 38.3. The van der Waals surface area contributed by atoms with Gasteiger partial charge in [-0.25, -0.2) is 17.9 Å². The number of rotatable bonds is 14. The van der Waals surface area contributed by atoms with Crippen molar-refractivity contribution in [2.75, 3.05) is 25.5 Å². The fourth-order valence-electron chi connectivity index (χ4n) is 11.9. The van der Waals surface area contributed by atoms with Crippen LogP contribution in [0, 0.1) is 46.3 Å². The van der Waals surface area contributed by atoms with E-state index in [0.29, 0.717) is 60.2 Å². The number of hydrogen-bond acceptors (Lipinski definition) is 7. The summed E-state index contributed by atoms with van der Waals surface area (Å²) in [6, 6.07) is 9.79. The third-order valence-electron chi connectivity index (χ3n) is 14.7. The summed E-state index contributed by atoms with van der Waals surface area (Å²) in [6.45, 7) is 7.26. The fraction of sp³-hybridized carbons (Fsp3) is 0.714. The Labute approximate surface area is 316 Å². The molecule has 2 aromatic carbocycles. The van der Waals surface area contributed by atoms with E-state index in [1.807, 2.05) is 37.2 Å². The number of amides is 1. The normalized spacial score (nSPS) is 33.7. The first-order chi connectivity index (χ1) is 25.1. The van der Waals surface area contributed by atoms with Crippen LogP contribution in [0.25, 0.3) is 10.8 Å². The molecule has 0 bridgehead atoms. The minimum absolute atomic E-state index is 0.114. The van der Waals surface area contributed by atoms with E-state index in [1.165, 1.54) is 0 Å². The molecule has 0 heterocycles. The van der Waals surface area contributed by atoms with Crippen molar-refractivity contribution in [3.63, 3.8) is 0 Å². The number of nitrogens with zero attached hydrogens (tertiary/aromatic N) is 1. The summed E-state index contributed by atoms with van der Waals surface area (Å²) in [5.74, 6) is 1.05. The van der Waals surface area contributed by atoms with Crippen LogP contribution in [0.1, 0.15) is 104 Å². The lowest BCUT2D eigenvalue weighted by molar-refractivity contribution is -0.174. The number of aliphatic hydroxyl groups is 2. The number of fused-ring (bicyclic) bond motifs is 6. The number of carboxylic acids is 1. The van der Waals surface area contributed by atoms with Crippen LogP contribution in [0.5, 0.6) is 0 Å². The van der Waals surface area contributed by atoms with Gasteiger partial charge in [0.25, 0.3) is 0 Å². The minimum atomic E-state index is -3.79. The minimum Gasteiger partial charge on any atom is -0.480 e. The molecule has 53 heavy (non-hydrogen) atoms. The van der Waals surface area contributed by atoms with Gasteiger partial charge in [-0.1, -0.05) is 45.0 Å². The second-order valence-electron chi connectivity index (χ2n) is 17.8. The van der Waals surface area contributed by atoms with Gasteiger partial charge in [0.05, 0.1) is 17.1 Å². The maximum absolute atomic E-state index is 13.3. The zero-order valence-corrected chi connectivity index (χ0v) is 33.2. The molecule has 5 unspecified atom stereocenters. The Hall–Kier alpha value is -2.73. The van der Waals surface area contributed by atoms with Gasteiger partial charge in [-0.15, -0.1) is 0 Å². The van der Waals surface area contributed by atoms with Crippen molar-refractivity contribution < 1.29 is 33.3 Å². The molecule has 4 aliphatic carbocycles. The fourth-order valence-corrected chi connectivity index (χ4v) is 13.2. The van der Waals surface area contributed by atoms with Crippen LogP contribution in [-0.4, -0.2) is 74.5 Å². The molecule has 0 saturated heterocycles. The predicted octanol–water partition coefficient (Wildman–Crippen LogP) is 6.33. The lowest BCUT2D eigenvalue weighted by Gasteiger charge is -2.62. The van der Waals surface area contributed by atoms with Crippen molar-refractivity contribution in [1.29, 1.82) is 0 Å². The quantitative estimate of drug-likeness (QED) is 0.140. The van der Waals surface area contributed by atoms with Gasteiger partial charge in [0.1, 0.15) is 6.04 Å². The molecule has 294 valence electrons. The first-order valence-electron chi connectivity index (χ1n) is 20.1. The average Bonchev–Trinajstić information content (AvgIpc) is 3.47. The summed E-state index contributed by atoms with van der Waals surface area (Å²) in [6.07, 6.45) is 9.45. The first-order valence-corrected chi connectivity index (χ1v) is 21.6. The van der Waals surface area contributed by atoms with Crippen LogP contribution in [0.4, 0.5) is 5.69 Å². The first kappa shape index (κ1) is 39.9. The third-order valence-corrected chi connectivity index (χ3v) is 16.2. The number of aliphatic hydroxyl groups excluding tert-OH is 2. The van der Waals surface area contributed by atoms with Crippen LogP contribution in [0.2, 0.25) is 0 Å². The van der Waals surface area contributed by atoms with E-state index < -0.39 is 22.0 Å². The van der Waals surface area contributed by atoms with Gasteiger partial charge in [-0.3, -0.25) is 4.79 Å². The molecule has 5 N–H and O–H groups in total. The van der Waals surface area contributed by atoms with Gasteiger partial charge in [0.15, 0.2) is 0 Å². The van der Waals surface area contributed by atoms with Crippen molar-refractivity contribution in [2.24, 2.45) is 46.3 Å². The van der Waals surface area contributed by atoms with Gasteiger partial charge in [0.2, 0.25) is 15.9 Å². The van der Waals surface area contributed by atoms with E-state index in [-0.39, 0.29) is 53.2 Å². The average molecular weight is 754 g/mol. The molecule has 0 radical (unpaired) electrons. The van der Waals surface area contributed by atoms with E-state index in [2.05, 4.69) is 30.8 Å². The summed E-state index contributed by atoms with van der Waals surface area (Å²) >= 11 is 0. The Morgan fingerprint density at radius 3 is 2.34 bits per heavy atom. The smallest absolute Gasteiger partial charge is 0.326 e. The topological polar surface area (TPSA) is 156 Å². The lowest BCUT2D eigenvalue weighted by Crippen LogP contribution is -2.58. The van der Waals surface area contributed by atoms with Gasteiger partial charge in [-0.05, 0) is 136 Å². The number of aliphatic carboxylic acids is 1. The van der Waals surface area contributed by atoms with Crippen LogP contribution in [-0.2, 0) is 19.6 Å². The zero-order valence-electron chi connectivity index (χ0n) is 32.4. The Morgan fingerprint density at radius 1 is 0.906 bits per heavy atom. The Bertz CT molecular complexity index is 1750. The van der Waals surface area contributed by atoms with Gasteiger partial charge in [-0.2, -0.15) is 0 Å². The maximum Gasteiger partial charge on any atom is 0.326 e. The molecular weight excluding hydrogens is 691 g/mol. The second kappa shape index (κ2) is 15.8. The highest BCUT2D eigenvalue weighted by molar-refractivity contribution is 7.89. The SMILES string of the molecule is C[C@H](CCC(=O)N[C@@H](CCCCNS(=O)(=O)c1cccc2c(N(C)C)cccc12)C(=O)O)C1CCC2C3C(CC[C@@]21C)[C@@]1(C)CC[C@@H](O)CC1C[C@H]3O. The number of carbonyl (C=O) groups excluding carboxylic acids is 1. The molecule has 4 aliphatic rings. The Kier molecular flexibility index (Phi) is 11.9. The van der Waals surface area contributed by atoms with Crippen molar-refractivity contribution in [3.8, 4) is 0 Å². The number of carboxylic acid groups (broad SMARTS) is 1. The third kappa shape index (κ3) is 7.87. The monoisotopic (exact) mass is 753 g/mol. The number of hydrogen-bond donors (Lipinski definition) is 5. The predicted molar refractivity (Wildman–Crippen MR) is 208 cm³/mol. The van der Waals surface area contributed by atoms with E-state index in [9.17, 15) is 33.3 Å². The molecular formula is C42H63N3O7S. The summed E-state index contributed by atoms with van der Waals surface area (Å²) in [7, 11) is 0.0388. The highest BCUT2D eigenvalue weighted by Gasteiger charge is 2.62. The van der Waals surface area contributed by atoms with Crippen molar-refractivity contribution in [2.45, 2.75) is 127 Å². The highest BCUT2D eigenvalue weighted by atomic mass is 32.2. The van der Waals surface area contributed by atoms with Crippen molar-refractivity contribution in [3.05, 3.63) is 36.4 Å². The summed E-state index contributed by atoms with van der Waals surface area (Å²) in [5, 5.41) is 36.1. The van der Waals surface area contributed by atoms with Crippen molar-refractivity contribution in [1.82, 2.24) is 10.0 Å². The summed E-state index contributed by atoms with van der Waals surface area (Å²) < 4.78 is 29.2. The van der Waals surface area contributed by atoms with E-state index in [4.69, 9.17) is 0 Å². The number of unbranched alkanes of at least 4 members (excludes halogenated alkanes) is 1. The molecule has 4 fully saturated rings. The Balaban J connectivity index is 0.972. The number of benzene rings is 2. The maximum atomic E-state index is 13.3. The van der Waals surface area contributed by atoms with Gasteiger partial charge >= 0.3 is 5.97 Å². The molecule has 11 atom stereocenters. The molecule has 1 amide bonds. The Morgan fingerprint density at radius 2 is 1.60 bits per heavy atom. The van der Waals surface area contributed by atoms with Crippen molar-refractivity contribution >= 4 is 38.4 Å². The standard InChI is InChI=1S/C42H63N3O7S/c1-26(31-16-17-32-39-33(20-22-42(31,32)3)41(2)21-19-28(46)24-27(41)25-36(39)47)15-18-38(48)44-34(40(49)50)12-6-7-23-43-53(51,52)37-14-9-10-29-30(37)11-8-13-35(29)45(4)5/h8-11,13-14,26-28,31-34,36,39,43,46-47H,6-7,12,15-25H2,1-5H3,(H,44,48)(H,49,50)/t26-,27?,28-,31?,32?,33?,34+,36-,39?,41+,42-/m1/s1.